The molecule has 0 spiro atoms. The third kappa shape index (κ3) is 2.87. The van der Waals surface area contributed by atoms with Crippen LogP contribution in [-0.2, 0) is 13.0 Å². The van der Waals surface area contributed by atoms with Crippen molar-refractivity contribution in [3.8, 4) is 5.75 Å². The second-order valence-electron chi connectivity index (χ2n) is 5.99. The van der Waals surface area contributed by atoms with Crippen molar-refractivity contribution in [2.45, 2.75) is 13.0 Å². The molecule has 0 saturated carbocycles. The molecule has 3 heteroatoms. The molecule has 0 bridgehead atoms. The van der Waals surface area contributed by atoms with Gasteiger partial charge < -0.3 is 4.74 Å². The molecule has 2 heterocycles. The van der Waals surface area contributed by atoms with E-state index >= 15 is 0 Å². The maximum absolute atomic E-state index is 5.27. The molecule has 0 aliphatic carbocycles. The number of hydrogen-bond acceptors (Lipinski definition) is 2. The van der Waals surface area contributed by atoms with Crippen molar-refractivity contribution in [2.24, 2.45) is 0 Å². The van der Waals surface area contributed by atoms with Crippen LogP contribution in [0.15, 0.2) is 66.0 Å². The van der Waals surface area contributed by atoms with Crippen molar-refractivity contribution >= 4 is 17.0 Å². The fourth-order valence-electron chi connectivity index (χ4n) is 3.31. The monoisotopic (exact) mass is 334 g/mol. The highest BCUT2D eigenvalue weighted by atomic mass is 32.1. The lowest BCUT2D eigenvalue weighted by atomic mass is 9.98. The predicted octanol–water partition coefficient (Wildman–Crippen LogP) is 4.36. The topological polar surface area (TPSA) is 12.2 Å². The van der Waals surface area contributed by atoms with Crippen LogP contribution < -0.4 is 4.74 Å². The van der Waals surface area contributed by atoms with Gasteiger partial charge in [0.2, 0.25) is 5.71 Å². The standard InChI is InChI=1S/C21H20NOS/c1-23-18-9-7-16(8-10-18)15-22-13-11-20-19(12-14-24-20)21(22)17-5-3-2-4-6-17/h2-10,12,14H,11,13,15H2,1H3/q+1. The first-order chi connectivity index (χ1) is 11.8. The maximum Gasteiger partial charge on any atom is 0.215 e. The highest BCUT2D eigenvalue weighted by molar-refractivity contribution is 7.10. The average Bonchev–Trinajstić information content (AvgIpc) is 3.11. The third-order valence-corrected chi connectivity index (χ3v) is 5.49. The Kier molecular flexibility index (Phi) is 4.18. The van der Waals surface area contributed by atoms with E-state index in [2.05, 4.69) is 58.5 Å². The summed E-state index contributed by atoms with van der Waals surface area (Å²) in [6.45, 7) is 1.98. The van der Waals surface area contributed by atoms with E-state index in [-0.39, 0.29) is 0 Å². The second kappa shape index (κ2) is 6.62. The molecule has 2 nitrogen and oxygen atoms in total. The van der Waals surface area contributed by atoms with Crippen LogP contribution in [0.5, 0.6) is 5.75 Å². The first-order valence-corrected chi connectivity index (χ1v) is 9.10. The summed E-state index contributed by atoms with van der Waals surface area (Å²) in [5, 5.41) is 2.21. The Morgan fingerprint density at radius 3 is 2.54 bits per heavy atom. The van der Waals surface area contributed by atoms with Crippen molar-refractivity contribution in [1.82, 2.24) is 0 Å². The number of fused-ring (bicyclic) bond motifs is 1. The molecule has 0 saturated heterocycles. The molecule has 120 valence electrons. The highest BCUT2D eigenvalue weighted by Crippen LogP contribution is 2.26. The van der Waals surface area contributed by atoms with E-state index in [9.17, 15) is 0 Å². The van der Waals surface area contributed by atoms with Gasteiger partial charge in [-0.2, -0.15) is 0 Å². The minimum Gasteiger partial charge on any atom is -0.497 e. The van der Waals surface area contributed by atoms with Crippen LogP contribution in [0.3, 0.4) is 0 Å². The van der Waals surface area contributed by atoms with Gasteiger partial charge in [-0.3, -0.25) is 0 Å². The molecule has 0 N–H and O–H groups in total. The molecule has 0 fully saturated rings. The zero-order chi connectivity index (χ0) is 16.4. The number of rotatable bonds is 4. The van der Waals surface area contributed by atoms with Gasteiger partial charge >= 0.3 is 0 Å². The average molecular weight is 334 g/mol. The first-order valence-electron chi connectivity index (χ1n) is 8.22. The Morgan fingerprint density at radius 1 is 1.00 bits per heavy atom. The number of hydrogen-bond donors (Lipinski definition) is 0. The molecule has 1 aromatic heterocycles. The van der Waals surface area contributed by atoms with Crippen molar-refractivity contribution in [2.75, 3.05) is 13.7 Å². The van der Waals surface area contributed by atoms with Crippen molar-refractivity contribution in [1.29, 1.82) is 0 Å². The lowest BCUT2D eigenvalue weighted by molar-refractivity contribution is -0.544. The fourth-order valence-corrected chi connectivity index (χ4v) is 4.18. The quantitative estimate of drug-likeness (QED) is 0.646. The summed E-state index contributed by atoms with van der Waals surface area (Å²) in [6, 6.07) is 21.4. The molecule has 1 aliphatic rings. The first kappa shape index (κ1) is 15.2. The van der Waals surface area contributed by atoms with Crippen molar-refractivity contribution < 1.29 is 9.31 Å². The second-order valence-corrected chi connectivity index (χ2v) is 6.99. The lowest BCUT2D eigenvalue weighted by Crippen LogP contribution is -2.29. The molecule has 0 atom stereocenters. The van der Waals surface area contributed by atoms with Gasteiger partial charge in [0, 0.05) is 22.4 Å². The minimum atomic E-state index is 0.907. The Hall–Kier alpha value is -2.39. The van der Waals surface area contributed by atoms with Crippen LogP contribution in [0.1, 0.15) is 21.6 Å². The van der Waals surface area contributed by atoms with Gasteiger partial charge in [0.05, 0.1) is 12.7 Å². The molecule has 0 unspecified atom stereocenters. The maximum atomic E-state index is 5.27. The lowest BCUT2D eigenvalue weighted by Gasteiger charge is -2.16. The number of methoxy groups -OCH3 is 1. The molecule has 24 heavy (non-hydrogen) atoms. The van der Waals surface area contributed by atoms with Gasteiger partial charge in [0.25, 0.3) is 0 Å². The number of ether oxygens (including phenoxy) is 1. The van der Waals surface area contributed by atoms with Gasteiger partial charge in [0.15, 0.2) is 6.54 Å². The van der Waals surface area contributed by atoms with E-state index < -0.39 is 0 Å². The van der Waals surface area contributed by atoms with E-state index in [4.69, 9.17) is 4.74 Å². The molecular formula is C21H20NOS+. The summed E-state index contributed by atoms with van der Waals surface area (Å²) in [5.74, 6) is 0.907. The van der Waals surface area contributed by atoms with E-state index in [0.717, 1.165) is 25.3 Å². The predicted molar refractivity (Wildman–Crippen MR) is 99.5 cm³/mol. The van der Waals surface area contributed by atoms with Gasteiger partial charge in [-0.05, 0) is 47.8 Å². The van der Waals surface area contributed by atoms with Gasteiger partial charge in [0.1, 0.15) is 12.3 Å². The molecule has 4 rings (SSSR count). The van der Waals surface area contributed by atoms with Crippen LogP contribution in [0.25, 0.3) is 0 Å². The number of thiophene rings is 1. The molecule has 1 aliphatic heterocycles. The molecular weight excluding hydrogens is 314 g/mol. The van der Waals surface area contributed by atoms with Crippen LogP contribution in [0.4, 0.5) is 0 Å². The Morgan fingerprint density at radius 2 is 1.79 bits per heavy atom. The highest BCUT2D eigenvalue weighted by Gasteiger charge is 2.28. The Bertz CT molecular complexity index is 862. The number of nitrogens with zero attached hydrogens (tertiary/aromatic N) is 1. The SMILES string of the molecule is COc1ccc(C[N+]2=C(c3ccccc3)c3ccsc3CC2)cc1. The third-order valence-electron chi connectivity index (χ3n) is 4.51. The van der Waals surface area contributed by atoms with Crippen LogP contribution >= 0.6 is 11.3 Å². The Balaban J connectivity index is 1.77. The van der Waals surface area contributed by atoms with E-state index in [1.54, 1.807) is 7.11 Å². The largest absolute Gasteiger partial charge is 0.497 e. The summed E-state index contributed by atoms with van der Waals surface area (Å²) >= 11 is 1.87. The van der Waals surface area contributed by atoms with Crippen LogP contribution in [0, 0.1) is 0 Å². The van der Waals surface area contributed by atoms with Crippen LogP contribution in [-0.4, -0.2) is 23.9 Å². The van der Waals surface area contributed by atoms with E-state index in [0.29, 0.717) is 0 Å². The van der Waals surface area contributed by atoms with Gasteiger partial charge in [-0.1, -0.05) is 18.2 Å². The summed E-state index contributed by atoms with van der Waals surface area (Å²) in [5.41, 5.74) is 5.35. The van der Waals surface area contributed by atoms with E-state index in [1.165, 1.54) is 27.3 Å². The molecule has 0 radical (unpaired) electrons. The normalized spacial score (nSPS) is 13.7. The molecule has 3 aromatic rings. The summed E-state index contributed by atoms with van der Waals surface area (Å²) in [6.07, 6.45) is 1.12. The van der Waals surface area contributed by atoms with Gasteiger partial charge in [-0.25, -0.2) is 4.58 Å². The smallest absolute Gasteiger partial charge is 0.215 e. The zero-order valence-electron chi connectivity index (χ0n) is 13.7. The molecule has 2 aromatic carbocycles. The van der Waals surface area contributed by atoms with Crippen molar-refractivity contribution in [3.05, 3.63) is 87.6 Å². The van der Waals surface area contributed by atoms with E-state index in [1.807, 2.05) is 23.5 Å². The molecule has 0 amide bonds. The minimum absolute atomic E-state index is 0.907. The Labute approximate surface area is 146 Å². The van der Waals surface area contributed by atoms with Crippen molar-refractivity contribution in [3.63, 3.8) is 0 Å². The number of benzene rings is 2. The van der Waals surface area contributed by atoms with Crippen LogP contribution in [0.2, 0.25) is 0 Å². The summed E-state index contributed by atoms with van der Waals surface area (Å²) in [4.78, 5) is 1.50. The summed E-state index contributed by atoms with van der Waals surface area (Å²) in [7, 11) is 1.71. The fraction of sp³-hybridized carbons (Fsp3) is 0.190. The summed E-state index contributed by atoms with van der Waals surface area (Å²) < 4.78 is 7.77. The van der Waals surface area contributed by atoms with Gasteiger partial charge in [-0.15, -0.1) is 11.3 Å². The zero-order valence-corrected chi connectivity index (χ0v) is 14.6.